The average molecular weight is 445 g/mol. The molecule has 0 bridgehead atoms. The molecule has 0 radical (unpaired) electrons. The topological polar surface area (TPSA) is 109 Å². The molecule has 0 aromatic heterocycles. The van der Waals surface area contributed by atoms with Crippen molar-refractivity contribution < 1.29 is 21.6 Å². The Bertz CT molecular complexity index is 1020. The number of nitrogens with one attached hydrogen (secondary N) is 2. The van der Waals surface area contributed by atoms with Crippen LogP contribution < -0.4 is 10.0 Å². The van der Waals surface area contributed by atoms with Gasteiger partial charge in [-0.05, 0) is 48.4 Å². The van der Waals surface area contributed by atoms with Crippen molar-refractivity contribution >= 4 is 43.1 Å². The number of sulfonamides is 1. The van der Waals surface area contributed by atoms with Crippen LogP contribution in [0.4, 0.5) is 5.69 Å². The Balaban J connectivity index is 1.97. The third-order valence-corrected chi connectivity index (χ3v) is 6.85. The molecule has 2 rings (SSSR count). The number of rotatable bonds is 9. The van der Waals surface area contributed by atoms with Gasteiger partial charge in [0.2, 0.25) is 15.9 Å². The van der Waals surface area contributed by atoms with Crippen LogP contribution in [-0.4, -0.2) is 35.0 Å². The van der Waals surface area contributed by atoms with Gasteiger partial charge >= 0.3 is 0 Å². The molecule has 0 aliphatic heterocycles. The molecule has 2 N–H and O–H groups in total. The highest BCUT2D eigenvalue weighted by Gasteiger charge is 2.18. The first-order valence-corrected chi connectivity index (χ1v) is 12.1. The van der Waals surface area contributed by atoms with Crippen LogP contribution in [0.15, 0.2) is 53.4 Å². The monoisotopic (exact) mass is 444 g/mol. The molecule has 10 heteroatoms. The molecule has 1 amide bonds. The van der Waals surface area contributed by atoms with Crippen molar-refractivity contribution in [1.29, 1.82) is 0 Å². The summed E-state index contributed by atoms with van der Waals surface area (Å²) in [5.74, 6) is -1.67. The second kappa shape index (κ2) is 9.51. The predicted molar refractivity (Wildman–Crippen MR) is 109 cm³/mol. The van der Waals surface area contributed by atoms with E-state index < -0.39 is 31.5 Å². The number of hydrogen-bond acceptors (Lipinski definition) is 5. The molecule has 7 nitrogen and oxygen atoms in total. The van der Waals surface area contributed by atoms with Crippen molar-refractivity contribution in [2.45, 2.75) is 24.0 Å². The molecular formula is C18H21ClN2O5S2. The standard InChI is InChI=1S/C18H21ClN2O5S2/c1-2-11-20-28(25,26)17-9-7-16(8-10-17)21-18(22)13-27(23,24)12-14-3-5-15(19)6-4-14/h3-10,20H,2,11-13H2,1H3,(H,21,22). The lowest BCUT2D eigenvalue weighted by molar-refractivity contribution is -0.113. The van der Waals surface area contributed by atoms with Crippen molar-refractivity contribution in [3.8, 4) is 0 Å². The first kappa shape index (κ1) is 22.4. The molecule has 0 atom stereocenters. The van der Waals surface area contributed by atoms with Crippen LogP contribution in [-0.2, 0) is 30.4 Å². The second-order valence-electron chi connectivity index (χ2n) is 6.13. The summed E-state index contributed by atoms with van der Waals surface area (Å²) < 4.78 is 50.9. The highest BCUT2D eigenvalue weighted by atomic mass is 35.5. The number of hydrogen-bond donors (Lipinski definition) is 2. The van der Waals surface area contributed by atoms with Gasteiger partial charge < -0.3 is 5.32 Å². The molecule has 0 saturated heterocycles. The summed E-state index contributed by atoms with van der Waals surface area (Å²) in [7, 11) is -7.27. The summed E-state index contributed by atoms with van der Waals surface area (Å²) in [5, 5.41) is 2.95. The van der Waals surface area contributed by atoms with E-state index in [0.717, 1.165) is 0 Å². The molecular weight excluding hydrogens is 424 g/mol. The number of halogens is 1. The van der Waals surface area contributed by atoms with Crippen LogP contribution in [0.25, 0.3) is 0 Å². The Morgan fingerprint density at radius 3 is 2.14 bits per heavy atom. The molecule has 0 spiro atoms. The maximum absolute atomic E-state index is 12.2. The number of carbonyl (C=O) groups is 1. The Labute approximate surface area is 170 Å². The van der Waals surface area contributed by atoms with Crippen LogP contribution in [0.5, 0.6) is 0 Å². The fraction of sp³-hybridized carbons (Fsp3) is 0.278. The van der Waals surface area contributed by atoms with Crippen molar-refractivity contribution in [3.63, 3.8) is 0 Å². The summed E-state index contributed by atoms with van der Waals surface area (Å²) in [6.07, 6.45) is 0.665. The van der Waals surface area contributed by atoms with Crippen LogP contribution in [0, 0.1) is 0 Å². The zero-order chi connectivity index (χ0) is 20.8. The normalized spacial score (nSPS) is 11.9. The minimum atomic E-state index is -3.67. The van der Waals surface area contributed by atoms with Gasteiger partial charge in [0.1, 0.15) is 5.75 Å². The van der Waals surface area contributed by atoms with Crippen LogP contribution in [0.3, 0.4) is 0 Å². The molecule has 152 valence electrons. The zero-order valence-corrected chi connectivity index (χ0v) is 17.6. The maximum Gasteiger partial charge on any atom is 0.240 e. The smallest absolute Gasteiger partial charge is 0.240 e. The molecule has 0 aliphatic rings. The summed E-state index contributed by atoms with van der Waals surface area (Å²) in [6, 6.07) is 11.8. The predicted octanol–water partition coefficient (Wildman–Crippen LogP) is 2.58. The third-order valence-electron chi connectivity index (χ3n) is 3.64. The third kappa shape index (κ3) is 6.90. The maximum atomic E-state index is 12.2. The largest absolute Gasteiger partial charge is 0.325 e. The van der Waals surface area contributed by atoms with Crippen molar-refractivity contribution in [2.24, 2.45) is 0 Å². The number of amides is 1. The van der Waals surface area contributed by atoms with E-state index in [9.17, 15) is 21.6 Å². The van der Waals surface area contributed by atoms with Gasteiger partial charge in [-0.1, -0.05) is 30.7 Å². The van der Waals surface area contributed by atoms with Gasteiger partial charge in [0, 0.05) is 17.3 Å². The summed E-state index contributed by atoms with van der Waals surface area (Å²) in [5.41, 5.74) is 0.840. The van der Waals surface area contributed by atoms with Gasteiger partial charge in [0.15, 0.2) is 9.84 Å². The molecule has 0 aliphatic carbocycles. The van der Waals surface area contributed by atoms with Crippen LogP contribution >= 0.6 is 11.6 Å². The SMILES string of the molecule is CCCNS(=O)(=O)c1ccc(NC(=O)CS(=O)(=O)Cc2ccc(Cl)cc2)cc1. The lowest BCUT2D eigenvalue weighted by Crippen LogP contribution is -2.25. The Morgan fingerprint density at radius 2 is 1.57 bits per heavy atom. The number of carbonyl (C=O) groups excluding carboxylic acids is 1. The molecule has 0 unspecified atom stereocenters. The number of sulfone groups is 1. The average Bonchev–Trinajstić information content (AvgIpc) is 2.61. The first-order valence-electron chi connectivity index (χ1n) is 8.46. The summed E-state index contributed by atoms with van der Waals surface area (Å²) in [4.78, 5) is 12.1. The van der Waals surface area contributed by atoms with Crippen LogP contribution in [0.1, 0.15) is 18.9 Å². The van der Waals surface area contributed by atoms with E-state index in [2.05, 4.69) is 10.0 Å². The van der Waals surface area contributed by atoms with E-state index in [1.807, 2.05) is 6.92 Å². The van der Waals surface area contributed by atoms with Crippen molar-refractivity contribution in [2.75, 3.05) is 17.6 Å². The van der Waals surface area contributed by atoms with E-state index >= 15 is 0 Å². The highest BCUT2D eigenvalue weighted by Crippen LogP contribution is 2.15. The lowest BCUT2D eigenvalue weighted by Gasteiger charge is -2.09. The van der Waals surface area contributed by atoms with Crippen molar-refractivity contribution in [1.82, 2.24) is 4.72 Å². The van der Waals surface area contributed by atoms with Crippen molar-refractivity contribution in [3.05, 3.63) is 59.1 Å². The number of anilines is 1. The van der Waals surface area contributed by atoms with E-state index in [-0.39, 0.29) is 10.6 Å². The molecule has 28 heavy (non-hydrogen) atoms. The molecule has 0 fully saturated rings. The lowest BCUT2D eigenvalue weighted by atomic mass is 10.2. The van der Waals surface area contributed by atoms with Gasteiger partial charge in [-0.2, -0.15) is 0 Å². The molecule has 2 aromatic rings. The summed E-state index contributed by atoms with van der Waals surface area (Å²) >= 11 is 5.77. The quantitative estimate of drug-likeness (QED) is 0.617. The Kier molecular flexibility index (Phi) is 7.59. The highest BCUT2D eigenvalue weighted by molar-refractivity contribution is 7.91. The van der Waals surface area contributed by atoms with E-state index in [0.29, 0.717) is 29.2 Å². The van der Waals surface area contributed by atoms with Gasteiger partial charge in [0.05, 0.1) is 10.6 Å². The van der Waals surface area contributed by atoms with E-state index in [1.165, 1.54) is 24.3 Å². The molecule has 0 saturated carbocycles. The second-order valence-corrected chi connectivity index (χ2v) is 10.4. The van der Waals surface area contributed by atoms with Gasteiger partial charge in [-0.15, -0.1) is 0 Å². The van der Waals surface area contributed by atoms with Gasteiger partial charge in [-0.3, -0.25) is 4.79 Å². The van der Waals surface area contributed by atoms with E-state index in [1.54, 1.807) is 24.3 Å². The first-order chi connectivity index (χ1) is 13.1. The van der Waals surface area contributed by atoms with Crippen LogP contribution in [0.2, 0.25) is 5.02 Å². The summed E-state index contributed by atoms with van der Waals surface area (Å²) in [6.45, 7) is 2.18. The van der Waals surface area contributed by atoms with Gasteiger partial charge in [0.25, 0.3) is 0 Å². The number of benzene rings is 2. The van der Waals surface area contributed by atoms with Gasteiger partial charge in [-0.25, -0.2) is 21.6 Å². The Morgan fingerprint density at radius 1 is 0.964 bits per heavy atom. The minimum absolute atomic E-state index is 0.0642. The zero-order valence-electron chi connectivity index (χ0n) is 15.2. The minimum Gasteiger partial charge on any atom is -0.325 e. The fourth-order valence-corrected chi connectivity index (χ4v) is 4.85. The Hall–Kier alpha value is -1.94. The molecule has 2 aromatic carbocycles. The van der Waals surface area contributed by atoms with E-state index in [4.69, 9.17) is 11.6 Å². The molecule has 0 heterocycles. The fourth-order valence-electron chi connectivity index (χ4n) is 2.32.